The second-order valence-electron chi connectivity index (χ2n) is 2.83. The molecule has 0 unspecified atom stereocenters. The smallest absolute Gasteiger partial charge is 0.303 e. The first-order chi connectivity index (χ1) is 6.29. The maximum Gasteiger partial charge on any atom is 0.303 e. The van der Waals surface area contributed by atoms with Gasteiger partial charge in [-0.2, -0.15) is 0 Å². The van der Waals surface area contributed by atoms with E-state index >= 15 is 0 Å². The minimum atomic E-state index is -0.736. The first-order valence-corrected chi connectivity index (χ1v) is 4.30. The monoisotopic (exact) mass is 179 g/mol. The summed E-state index contributed by atoms with van der Waals surface area (Å²) < 4.78 is 0. The van der Waals surface area contributed by atoms with Gasteiger partial charge in [-0.05, 0) is 25.0 Å². The first kappa shape index (κ1) is 9.58. The fourth-order valence-electron chi connectivity index (χ4n) is 1.08. The van der Waals surface area contributed by atoms with Gasteiger partial charge in [-0.25, -0.2) is 0 Å². The van der Waals surface area contributed by atoms with Crippen molar-refractivity contribution in [3.63, 3.8) is 0 Å². The summed E-state index contributed by atoms with van der Waals surface area (Å²) in [6.45, 7) is 0. The van der Waals surface area contributed by atoms with Crippen LogP contribution in [0.5, 0.6) is 0 Å². The van der Waals surface area contributed by atoms with Crippen LogP contribution in [0.4, 0.5) is 0 Å². The van der Waals surface area contributed by atoms with E-state index in [4.69, 9.17) is 5.11 Å². The highest BCUT2D eigenvalue weighted by atomic mass is 16.4. The number of hydrogen-bond donors (Lipinski definition) is 2. The molecular formula is C10H13NO2. The van der Waals surface area contributed by atoms with Crippen LogP contribution in [0, 0.1) is 0 Å². The van der Waals surface area contributed by atoms with Gasteiger partial charge in [0.2, 0.25) is 0 Å². The zero-order valence-electron chi connectivity index (χ0n) is 7.36. The Balaban J connectivity index is 2.28. The van der Waals surface area contributed by atoms with Gasteiger partial charge in [0.1, 0.15) is 0 Å². The molecule has 0 bridgehead atoms. The topological polar surface area (TPSA) is 49.3 Å². The molecule has 0 aromatic heterocycles. The molecule has 0 aromatic rings. The Kier molecular flexibility index (Phi) is 3.82. The van der Waals surface area contributed by atoms with Gasteiger partial charge >= 0.3 is 5.97 Å². The second kappa shape index (κ2) is 5.19. The second-order valence-corrected chi connectivity index (χ2v) is 2.83. The molecule has 0 aliphatic carbocycles. The summed E-state index contributed by atoms with van der Waals surface area (Å²) in [7, 11) is 0. The molecule has 1 heterocycles. The summed E-state index contributed by atoms with van der Waals surface area (Å²) in [5, 5.41) is 11.5. The van der Waals surface area contributed by atoms with Crippen molar-refractivity contribution in [1.82, 2.24) is 5.32 Å². The van der Waals surface area contributed by atoms with E-state index in [1.165, 1.54) is 0 Å². The zero-order valence-corrected chi connectivity index (χ0v) is 7.36. The van der Waals surface area contributed by atoms with E-state index in [0.717, 1.165) is 12.1 Å². The number of carbonyl (C=O) groups is 1. The average Bonchev–Trinajstić information content (AvgIpc) is 2.32. The Morgan fingerprint density at radius 2 is 2.23 bits per heavy atom. The third-order valence-electron chi connectivity index (χ3n) is 1.72. The highest BCUT2D eigenvalue weighted by Crippen LogP contribution is 2.06. The minimum absolute atomic E-state index is 0.229. The number of carboxylic acid groups (broad SMARTS) is 1. The van der Waals surface area contributed by atoms with Crippen LogP contribution in [0.15, 0.2) is 36.2 Å². The number of aliphatic carboxylic acids is 1. The van der Waals surface area contributed by atoms with Gasteiger partial charge in [-0.15, -0.1) is 0 Å². The van der Waals surface area contributed by atoms with E-state index < -0.39 is 5.97 Å². The van der Waals surface area contributed by atoms with Crippen LogP contribution in [-0.2, 0) is 4.79 Å². The molecular weight excluding hydrogens is 166 g/mol. The van der Waals surface area contributed by atoms with Crippen LogP contribution in [-0.4, -0.2) is 11.1 Å². The van der Waals surface area contributed by atoms with Crippen LogP contribution < -0.4 is 5.32 Å². The molecule has 3 heteroatoms. The van der Waals surface area contributed by atoms with Crippen molar-refractivity contribution in [3.05, 3.63) is 36.2 Å². The molecule has 0 fully saturated rings. The molecule has 0 spiro atoms. The summed E-state index contributed by atoms with van der Waals surface area (Å²) in [6.07, 6.45) is 11.3. The number of carboxylic acids is 1. The molecule has 0 atom stereocenters. The summed E-state index contributed by atoms with van der Waals surface area (Å²) in [5.41, 5.74) is 1.06. The Hall–Kier alpha value is -1.51. The van der Waals surface area contributed by atoms with Crippen molar-refractivity contribution in [3.8, 4) is 0 Å². The van der Waals surface area contributed by atoms with Crippen LogP contribution in [0.3, 0.4) is 0 Å². The molecule has 13 heavy (non-hydrogen) atoms. The van der Waals surface area contributed by atoms with E-state index in [1.54, 1.807) is 0 Å². The molecule has 0 aromatic carbocycles. The van der Waals surface area contributed by atoms with Crippen LogP contribution in [0.2, 0.25) is 0 Å². The highest BCUT2D eigenvalue weighted by molar-refractivity contribution is 5.66. The molecule has 1 aliphatic rings. The van der Waals surface area contributed by atoms with Gasteiger partial charge in [-0.3, -0.25) is 4.79 Å². The van der Waals surface area contributed by atoms with Gasteiger partial charge < -0.3 is 10.4 Å². The van der Waals surface area contributed by atoms with Gasteiger partial charge in [0.05, 0.1) is 0 Å². The molecule has 2 N–H and O–H groups in total. The average molecular weight is 179 g/mol. The van der Waals surface area contributed by atoms with Gasteiger partial charge in [0, 0.05) is 18.3 Å². The molecule has 3 nitrogen and oxygen atoms in total. The third kappa shape index (κ3) is 4.15. The number of rotatable bonds is 4. The number of hydrogen-bond acceptors (Lipinski definition) is 2. The molecule has 70 valence electrons. The quantitative estimate of drug-likeness (QED) is 0.691. The van der Waals surface area contributed by atoms with Crippen molar-refractivity contribution in [2.45, 2.75) is 19.3 Å². The Morgan fingerprint density at radius 3 is 3.00 bits per heavy atom. The normalized spacial score (nSPS) is 14.6. The van der Waals surface area contributed by atoms with Gasteiger partial charge in [0.25, 0.3) is 0 Å². The van der Waals surface area contributed by atoms with Crippen molar-refractivity contribution >= 4 is 5.97 Å². The molecule has 0 saturated heterocycles. The van der Waals surface area contributed by atoms with Crippen LogP contribution in [0.1, 0.15) is 19.3 Å². The lowest BCUT2D eigenvalue weighted by Gasteiger charge is -2.03. The molecule has 0 saturated carbocycles. The Morgan fingerprint density at radius 1 is 1.38 bits per heavy atom. The summed E-state index contributed by atoms with van der Waals surface area (Å²) >= 11 is 0. The fraction of sp³-hybridized carbons (Fsp3) is 0.300. The van der Waals surface area contributed by atoms with Gasteiger partial charge in [0.15, 0.2) is 0 Å². The van der Waals surface area contributed by atoms with Gasteiger partial charge in [-0.1, -0.05) is 12.2 Å². The standard InChI is InChI=1S/C10H13NO2/c12-10(13)7-4-6-9-5-2-1-3-8-11-9/h1-3,5,8,11H,4,6-7H2,(H,12,13). The lowest BCUT2D eigenvalue weighted by molar-refractivity contribution is -0.137. The fourth-order valence-corrected chi connectivity index (χ4v) is 1.08. The lowest BCUT2D eigenvalue weighted by atomic mass is 10.2. The van der Waals surface area contributed by atoms with E-state index in [2.05, 4.69) is 5.32 Å². The predicted molar refractivity (Wildman–Crippen MR) is 51.0 cm³/mol. The van der Waals surface area contributed by atoms with Crippen molar-refractivity contribution in [2.75, 3.05) is 0 Å². The van der Waals surface area contributed by atoms with Crippen molar-refractivity contribution < 1.29 is 9.90 Å². The lowest BCUT2D eigenvalue weighted by Crippen LogP contribution is -2.04. The molecule has 1 rings (SSSR count). The minimum Gasteiger partial charge on any atom is -0.481 e. The molecule has 1 aliphatic heterocycles. The Bertz CT molecular complexity index is 264. The Labute approximate surface area is 77.5 Å². The summed E-state index contributed by atoms with van der Waals surface area (Å²) in [6, 6.07) is 0. The van der Waals surface area contributed by atoms with E-state index in [9.17, 15) is 4.79 Å². The van der Waals surface area contributed by atoms with E-state index in [0.29, 0.717) is 6.42 Å². The summed E-state index contributed by atoms with van der Waals surface area (Å²) in [5.74, 6) is -0.736. The van der Waals surface area contributed by atoms with Crippen molar-refractivity contribution in [2.24, 2.45) is 0 Å². The number of allylic oxidation sites excluding steroid dienone is 5. The zero-order chi connectivity index (χ0) is 9.52. The molecule has 0 amide bonds. The number of nitrogens with one attached hydrogen (secondary N) is 1. The third-order valence-corrected chi connectivity index (χ3v) is 1.72. The predicted octanol–water partition coefficient (Wildman–Crippen LogP) is 1.80. The van der Waals surface area contributed by atoms with Crippen LogP contribution >= 0.6 is 0 Å². The van der Waals surface area contributed by atoms with Crippen molar-refractivity contribution in [1.29, 1.82) is 0 Å². The highest BCUT2D eigenvalue weighted by Gasteiger charge is 1.99. The molecule has 0 radical (unpaired) electrons. The maximum atomic E-state index is 10.2. The largest absolute Gasteiger partial charge is 0.481 e. The SMILES string of the molecule is O=C(O)CCCC1=CC=CC=CN1. The summed E-state index contributed by atoms with van der Waals surface area (Å²) in [4.78, 5) is 10.2. The van der Waals surface area contributed by atoms with Crippen LogP contribution in [0.25, 0.3) is 0 Å². The maximum absolute atomic E-state index is 10.2. The van der Waals surface area contributed by atoms with E-state index in [1.807, 2.05) is 30.5 Å². The first-order valence-electron chi connectivity index (χ1n) is 4.30. The van der Waals surface area contributed by atoms with E-state index in [-0.39, 0.29) is 6.42 Å².